The maximum atomic E-state index is 13.1. The Bertz CT molecular complexity index is 641. The van der Waals surface area contributed by atoms with E-state index in [2.05, 4.69) is 0 Å². The standard InChI is InChI=1S/C16H15ClF2O/c1-9-5-12(13(17)6-10(9)2)16(20)8-11-3-4-14(18)15(19)7-11/h3-7,16,20H,8H2,1-2H3. The molecule has 4 heteroatoms. The number of aryl methyl sites for hydroxylation is 2. The fraction of sp³-hybridized carbons (Fsp3) is 0.250. The van der Waals surface area contributed by atoms with Gasteiger partial charge in [-0.2, -0.15) is 0 Å². The molecule has 0 heterocycles. The van der Waals surface area contributed by atoms with Gasteiger partial charge < -0.3 is 5.11 Å². The molecule has 0 aromatic heterocycles. The van der Waals surface area contributed by atoms with Gasteiger partial charge >= 0.3 is 0 Å². The topological polar surface area (TPSA) is 20.2 Å². The van der Waals surface area contributed by atoms with E-state index in [9.17, 15) is 13.9 Å². The summed E-state index contributed by atoms with van der Waals surface area (Å²) in [6, 6.07) is 7.21. The first-order chi connectivity index (χ1) is 9.38. The molecular formula is C16H15ClF2O. The average Bonchev–Trinajstić information content (AvgIpc) is 2.38. The van der Waals surface area contributed by atoms with Crippen LogP contribution in [0.25, 0.3) is 0 Å². The Labute approximate surface area is 121 Å². The molecule has 0 saturated heterocycles. The minimum atomic E-state index is -0.916. The summed E-state index contributed by atoms with van der Waals surface area (Å²) in [4.78, 5) is 0. The van der Waals surface area contributed by atoms with Crippen molar-refractivity contribution in [3.8, 4) is 0 Å². The zero-order valence-corrected chi connectivity index (χ0v) is 12.0. The second-order valence-corrected chi connectivity index (χ2v) is 5.33. The summed E-state index contributed by atoms with van der Waals surface area (Å²) in [6.07, 6.45) is -0.675. The molecule has 0 aliphatic rings. The maximum absolute atomic E-state index is 13.1. The number of hydrogen-bond donors (Lipinski definition) is 1. The molecule has 2 rings (SSSR count). The first-order valence-corrected chi connectivity index (χ1v) is 6.65. The average molecular weight is 297 g/mol. The molecule has 0 fully saturated rings. The first kappa shape index (κ1) is 14.9. The van der Waals surface area contributed by atoms with E-state index in [-0.39, 0.29) is 6.42 Å². The third-order valence-corrected chi connectivity index (χ3v) is 3.71. The lowest BCUT2D eigenvalue weighted by Gasteiger charge is -2.15. The first-order valence-electron chi connectivity index (χ1n) is 6.27. The van der Waals surface area contributed by atoms with Crippen molar-refractivity contribution in [3.05, 3.63) is 69.2 Å². The van der Waals surface area contributed by atoms with Gasteiger partial charge in [-0.15, -0.1) is 0 Å². The van der Waals surface area contributed by atoms with E-state index in [0.717, 1.165) is 23.3 Å². The van der Waals surface area contributed by atoms with Gasteiger partial charge in [0.2, 0.25) is 0 Å². The molecule has 2 aromatic rings. The van der Waals surface area contributed by atoms with Crippen molar-refractivity contribution in [1.82, 2.24) is 0 Å². The predicted molar refractivity (Wildman–Crippen MR) is 75.9 cm³/mol. The van der Waals surface area contributed by atoms with Crippen molar-refractivity contribution >= 4 is 11.6 Å². The molecule has 20 heavy (non-hydrogen) atoms. The van der Waals surface area contributed by atoms with Crippen molar-refractivity contribution in [3.63, 3.8) is 0 Å². The molecule has 0 bridgehead atoms. The Hall–Kier alpha value is -1.45. The number of rotatable bonds is 3. The van der Waals surface area contributed by atoms with Crippen LogP contribution < -0.4 is 0 Å². The zero-order valence-electron chi connectivity index (χ0n) is 11.3. The smallest absolute Gasteiger partial charge is 0.159 e. The highest BCUT2D eigenvalue weighted by molar-refractivity contribution is 6.31. The van der Waals surface area contributed by atoms with Crippen molar-refractivity contribution in [2.75, 3.05) is 0 Å². The molecule has 1 atom stereocenters. The third kappa shape index (κ3) is 3.17. The highest BCUT2D eigenvalue weighted by Gasteiger charge is 2.15. The van der Waals surface area contributed by atoms with Crippen LogP contribution in [-0.2, 0) is 6.42 Å². The quantitative estimate of drug-likeness (QED) is 0.883. The van der Waals surface area contributed by atoms with E-state index in [1.807, 2.05) is 19.9 Å². The number of aliphatic hydroxyl groups excluding tert-OH is 1. The minimum Gasteiger partial charge on any atom is -0.388 e. The van der Waals surface area contributed by atoms with Crippen LogP contribution in [0.4, 0.5) is 8.78 Å². The number of hydrogen-bond acceptors (Lipinski definition) is 1. The lowest BCUT2D eigenvalue weighted by molar-refractivity contribution is 0.178. The molecule has 0 saturated carbocycles. The van der Waals surface area contributed by atoms with Crippen molar-refractivity contribution in [1.29, 1.82) is 0 Å². The van der Waals surface area contributed by atoms with E-state index in [1.54, 1.807) is 6.07 Å². The second kappa shape index (κ2) is 5.90. The fourth-order valence-electron chi connectivity index (χ4n) is 2.06. The molecule has 0 spiro atoms. The van der Waals surface area contributed by atoms with Crippen LogP contribution in [-0.4, -0.2) is 5.11 Å². The SMILES string of the molecule is Cc1cc(Cl)c(C(O)Cc2ccc(F)c(F)c2)cc1C. The highest BCUT2D eigenvalue weighted by Crippen LogP contribution is 2.28. The van der Waals surface area contributed by atoms with Gasteiger partial charge in [0.15, 0.2) is 11.6 Å². The molecule has 106 valence electrons. The van der Waals surface area contributed by atoms with Gasteiger partial charge in [0.05, 0.1) is 6.10 Å². The molecule has 2 aromatic carbocycles. The summed E-state index contributed by atoms with van der Waals surface area (Å²) in [5.74, 6) is -1.81. The zero-order chi connectivity index (χ0) is 14.9. The van der Waals surface area contributed by atoms with Crippen LogP contribution in [0.3, 0.4) is 0 Å². The molecule has 1 unspecified atom stereocenters. The second-order valence-electron chi connectivity index (χ2n) is 4.93. The fourth-order valence-corrected chi connectivity index (χ4v) is 2.40. The predicted octanol–water partition coefficient (Wildman–Crippen LogP) is 4.51. The summed E-state index contributed by atoms with van der Waals surface area (Å²) in [5.41, 5.74) is 3.18. The van der Waals surface area contributed by atoms with Gasteiger partial charge in [-0.25, -0.2) is 8.78 Å². The van der Waals surface area contributed by atoms with Crippen LogP contribution >= 0.6 is 11.6 Å². The molecule has 0 aliphatic heterocycles. The summed E-state index contributed by atoms with van der Waals surface area (Å²) in [6.45, 7) is 3.87. The van der Waals surface area contributed by atoms with Gasteiger partial charge in [0.1, 0.15) is 0 Å². The maximum Gasteiger partial charge on any atom is 0.159 e. The molecule has 0 amide bonds. The van der Waals surface area contributed by atoms with E-state index in [4.69, 9.17) is 11.6 Å². The van der Waals surface area contributed by atoms with E-state index >= 15 is 0 Å². The van der Waals surface area contributed by atoms with Crippen molar-refractivity contribution in [2.24, 2.45) is 0 Å². The molecule has 0 radical (unpaired) electrons. The van der Waals surface area contributed by atoms with Gasteiger partial charge in [-0.1, -0.05) is 23.7 Å². The third-order valence-electron chi connectivity index (χ3n) is 3.39. The number of halogens is 3. The Kier molecular flexibility index (Phi) is 4.41. The highest BCUT2D eigenvalue weighted by atomic mass is 35.5. The van der Waals surface area contributed by atoms with Gasteiger partial charge in [0.25, 0.3) is 0 Å². The summed E-state index contributed by atoms with van der Waals surface area (Å²) in [5, 5.41) is 10.7. The van der Waals surface area contributed by atoms with Crippen LogP contribution in [0.5, 0.6) is 0 Å². The van der Waals surface area contributed by atoms with Crippen LogP contribution in [0.15, 0.2) is 30.3 Å². The minimum absolute atomic E-state index is 0.180. The number of aliphatic hydroxyl groups is 1. The normalized spacial score (nSPS) is 12.5. The number of benzene rings is 2. The molecule has 1 nitrogen and oxygen atoms in total. The lowest BCUT2D eigenvalue weighted by atomic mass is 9.98. The van der Waals surface area contributed by atoms with Crippen molar-refractivity contribution < 1.29 is 13.9 Å². The van der Waals surface area contributed by atoms with E-state index < -0.39 is 17.7 Å². The van der Waals surface area contributed by atoms with Gasteiger partial charge in [-0.3, -0.25) is 0 Å². The van der Waals surface area contributed by atoms with Crippen molar-refractivity contribution in [2.45, 2.75) is 26.4 Å². The van der Waals surface area contributed by atoms with Gasteiger partial charge in [-0.05, 0) is 54.3 Å². The molecule has 1 N–H and O–H groups in total. The largest absolute Gasteiger partial charge is 0.388 e. The molecular weight excluding hydrogens is 282 g/mol. The van der Waals surface area contributed by atoms with Crippen LogP contribution in [0.2, 0.25) is 5.02 Å². The van der Waals surface area contributed by atoms with Gasteiger partial charge in [0, 0.05) is 11.4 Å². The Balaban J connectivity index is 2.25. The Morgan fingerprint density at radius 3 is 2.35 bits per heavy atom. The molecule has 0 aliphatic carbocycles. The lowest BCUT2D eigenvalue weighted by Crippen LogP contribution is -2.04. The summed E-state index contributed by atoms with van der Waals surface area (Å²) >= 11 is 6.13. The Morgan fingerprint density at radius 1 is 1.05 bits per heavy atom. The van der Waals surface area contributed by atoms with E-state index in [0.29, 0.717) is 16.1 Å². The van der Waals surface area contributed by atoms with E-state index in [1.165, 1.54) is 6.07 Å². The summed E-state index contributed by atoms with van der Waals surface area (Å²) < 4.78 is 26.0. The van der Waals surface area contributed by atoms with Crippen LogP contribution in [0.1, 0.15) is 28.4 Å². The van der Waals surface area contributed by atoms with Crippen LogP contribution in [0, 0.1) is 25.5 Å². The Morgan fingerprint density at radius 2 is 1.70 bits per heavy atom. The monoisotopic (exact) mass is 296 g/mol. The summed E-state index contributed by atoms with van der Waals surface area (Å²) in [7, 11) is 0.